The highest BCUT2D eigenvalue weighted by atomic mass is 14.9. The van der Waals surface area contributed by atoms with Crippen molar-refractivity contribution >= 4 is 0 Å². The van der Waals surface area contributed by atoms with Gasteiger partial charge in [0, 0.05) is 6.04 Å². The van der Waals surface area contributed by atoms with Gasteiger partial charge in [-0.2, -0.15) is 5.26 Å². The molecule has 0 amide bonds. The van der Waals surface area contributed by atoms with Gasteiger partial charge < -0.3 is 5.32 Å². The van der Waals surface area contributed by atoms with Crippen molar-refractivity contribution in [2.75, 3.05) is 6.54 Å². The number of hydrogen-bond donors (Lipinski definition) is 1. The predicted molar refractivity (Wildman–Crippen MR) is 63.4 cm³/mol. The van der Waals surface area contributed by atoms with E-state index in [1.54, 1.807) is 0 Å². The molecule has 1 aliphatic carbocycles. The van der Waals surface area contributed by atoms with E-state index in [-0.39, 0.29) is 5.41 Å². The molecule has 0 spiro atoms. The lowest BCUT2D eigenvalue weighted by Crippen LogP contribution is -2.34. The zero-order valence-electron chi connectivity index (χ0n) is 10.3. The van der Waals surface area contributed by atoms with Crippen LogP contribution in [0.2, 0.25) is 0 Å². The van der Waals surface area contributed by atoms with Crippen LogP contribution in [-0.2, 0) is 0 Å². The summed E-state index contributed by atoms with van der Waals surface area (Å²) >= 11 is 0. The van der Waals surface area contributed by atoms with Gasteiger partial charge in [-0.25, -0.2) is 0 Å². The molecule has 0 aromatic rings. The minimum atomic E-state index is -0.172. The Hall–Kier alpha value is -0.550. The lowest BCUT2D eigenvalue weighted by Gasteiger charge is -2.28. The summed E-state index contributed by atoms with van der Waals surface area (Å²) in [5.41, 5.74) is -0.172. The topological polar surface area (TPSA) is 35.8 Å². The third-order valence-corrected chi connectivity index (χ3v) is 3.50. The number of nitrogens with zero attached hydrogens (tertiary/aromatic N) is 1. The second-order valence-corrected chi connectivity index (χ2v) is 5.66. The molecule has 15 heavy (non-hydrogen) atoms. The molecule has 2 nitrogen and oxygen atoms in total. The monoisotopic (exact) mass is 208 g/mol. The molecule has 0 aromatic heterocycles. The van der Waals surface area contributed by atoms with Crippen LogP contribution >= 0.6 is 0 Å². The average Bonchev–Trinajstić information content (AvgIpc) is 2.21. The quantitative estimate of drug-likeness (QED) is 0.770. The summed E-state index contributed by atoms with van der Waals surface area (Å²) in [6, 6.07) is 3.05. The van der Waals surface area contributed by atoms with Crippen molar-refractivity contribution in [3.8, 4) is 6.07 Å². The van der Waals surface area contributed by atoms with Crippen LogP contribution in [0, 0.1) is 22.7 Å². The van der Waals surface area contributed by atoms with Gasteiger partial charge in [0.15, 0.2) is 0 Å². The minimum absolute atomic E-state index is 0.172. The fourth-order valence-electron chi connectivity index (χ4n) is 2.11. The first-order valence-corrected chi connectivity index (χ1v) is 6.18. The Bertz CT molecular complexity index is 219. The Labute approximate surface area is 94.1 Å². The molecule has 0 aromatic carbocycles. The molecule has 0 atom stereocenters. The van der Waals surface area contributed by atoms with Gasteiger partial charge in [0.1, 0.15) is 0 Å². The van der Waals surface area contributed by atoms with E-state index < -0.39 is 0 Å². The van der Waals surface area contributed by atoms with Crippen LogP contribution in [0.1, 0.15) is 52.9 Å². The van der Waals surface area contributed by atoms with Crippen molar-refractivity contribution in [2.24, 2.45) is 11.3 Å². The number of nitriles is 1. The maximum atomic E-state index is 8.89. The summed E-state index contributed by atoms with van der Waals surface area (Å²) in [5, 5.41) is 12.5. The van der Waals surface area contributed by atoms with Crippen molar-refractivity contribution in [3.63, 3.8) is 0 Å². The summed E-state index contributed by atoms with van der Waals surface area (Å²) < 4.78 is 0. The molecule has 1 rings (SSSR count). The summed E-state index contributed by atoms with van der Waals surface area (Å²) in [7, 11) is 0. The van der Waals surface area contributed by atoms with E-state index in [4.69, 9.17) is 5.26 Å². The Morgan fingerprint density at radius 3 is 2.40 bits per heavy atom. The summed E-state index contributed by atoms with van der Waals surface area (Å²) in [6.07, 6.45) is 6.30. The van der Waals surface area contributed by atoms with Crippen molar-refractivity contribution in [2.45, 2.75) is 58.9 Å². The van der Waals surface area contributed by atoms with E-state index in [1.165, 1.54) is 25.7 Å². The highest BCUT2D eigenvalue weighted by Crippen LogP contribution is 2.24. The van der Waals surface area contributed by atoms with Crippen molar-refractivity contribution in [1.82, 2.24) is 5.32 Å². The molecule has 1 fully saturated rings. The van der Waals surface area contributed by atoms with Gasteiger partial charge in [0.25, 0.3) is 0 Å². The SMILES string of the molecule is CC1CCC(NCCC(C)(C)C#N)CC1. The van der Waals surface area contributed by atoms with Gasteiger partial charge in [-0.1, -0.05) is 6.92 Å². The highest BCUT2D eigenvalue weighted by molar-refractivity contribution is 4.92. The zero-order valence-corrected chi connectivity index (χ0v) is 10.3. The van der Waals surface area contributed by atoms with Crippen LogP contribution in [0.25, 0.3) is 0 Å². The van der Waals surface area contributed by atoms with E-state index in [0.29, 0.717) is 6.04 Å². The minimum Gasteiger partial charge on any atom is -0.314 e. The molecule has 1 N–H and O–H groups in total. The molecule has 0 aliphatic heterocycles. The van der Waals surface area contributed by atoms with Crippen LogP contribution in [-0.4, -0.2) is 12.6 Å². The maximum absolute atomic E-state index is 8.89. The van der Waals surface area contributed by atoms with Gasteiger partial charge in [0.2, 0.25) is 0 Å². The van der Waals surface area contributed by atoms with E-state index in [1.807, 2.05) is 13.8 Å². The first kappa shape index (κ1) is 12.5. The first-order valence-electron chi connectivity index (χ1n) is 6.18. The van der Waals surface area contributed by atoms with Crippen molar-refractivity contribution < 1.29 is 0 Å². The Morgan fingerprint density at radius 2 is 1.87 bits per heavy atom. The third-order valence-electron chi connectivity index (χ3n) is 3.50. The fraction of sp³-hybridized carbons (Fsp3) is 0.923. The average molecular weight is 208 g/mol. The van der Waals surface area contributed by atoms with Crippen molar-refractivity contribution in [3.05, 3.63) is 0 Å². The Kier molecular flexibility index (Phi) is 4.60. The first-order chi connectivity index (χ1) is 7.03. The molecule has 86 valence electrons. The predicted octanol–water partition coefficient (Wildman–Crippen LogP) is 3.09. The molecule has 0 heterocycles. The number of nitrogens with one attached hydrogen (secondary N) is 1. The summed E-state index contributed by atoms with van der Waals surface area (Å²) in [5.74, 6) is 0.915. The Morgan fingerprint density at radius 1 is 1.27 bits per heavy atom. The summed E-state index contributed by atoms with van der Waals surface area (Å²) in [4.78, 5) is 0. The van der Waals surface area contributed by atoms with Crippen LogP contribution in [0.5, 0.6) is 0 Å². The third kappa shape index (κ3) is 4.66. The molecule has 2 heteroatoms. The smallest absolute Gasteiger partial charge is 0.0684 e. The van der Waals surface area contributed by atoms with Crippen LogP contribution < -0.4 is 5.32 Å². The lowest BCUT2D eigenvalue weighted by atomic mass is 9.86. The van der Waals surface area contributed by atoms with E-state index in [2.05, 4.69) is 18.3 Å². The maximum Gasteiger partial charge on any atom is 0.0684 e. The molecular weight excluding hydrogens is 184 g/mol. The molecule has 0 bridgehead atoms. The molecule has 0 saturated heterocycles. The van der Waals surface area contributed by atoms with Crippen LogP contribution in [0.4, 0.5) is 0 Å². The van der Waals surface area contributed by atoms with E-state index in [9.17, 15) is 0 Å². The van der Waals surface area contributed by atoms with Gasteiger partial charge in [-0.05, 0) is 58.4 Å². The Balaban J connectivity index is 2.14. The molecule has 1 aliphatic rings. The van der Waals surface area contributed by atoms with Gasteiger partial charge >= 0.3 is 0 Å². The second-order valence-electron chi connectivity index (χ2n) is 5.66. The van der Waals surface area contributed by atoms with E-state index in [0.717, 1.165) is 18.9 Å². The number of rotatable bonds is 4. The second kappa shape index (κ2) is 5.51. The van der Waals surface area contributed by atoms with E-state index >= 15 is 0 Å². The molecule has 0 radical (unpaired) electrons. The van der Waals surface area contributed by atoms with Gasteiger partial charge in [-0.3, -0.25) is 0 Å². The molecule has 1 saturated carbocycles. The molecule has 0 unspecified atom stereocenters. The van der Waals surface area contributed by atoms with Gasteiger partial charge in [0.05, 0.1) is 11.5 Å². The van der Waals surface area contributed by atoms with Crippen molar-refractivity contribution in [1.29, 1.82) is 5.26 Å². The standard InChI is InChI=1S/C13H24N2/c1-11-4-6-12(7-5-11)15-9-8-13(2,3)10-14/h11-12,15H,4-9H2,1-3H3. The van der Waals surface area contributed by atoms with Crippen LogP contribution in [0.15, 0.2) is 0 Å². The zero-order chi connectivity index (χ0) is 11.3. The molecular formula is C13H24N2. The largest absolute Gasteiger partial charge is 0.314 e. The normalized spacial score (nSPS) is 27.3. The highest BCUT2D eigenvalue weighted by Gasteiger charge is 2.20. The van der Waals surface area contributed by atoms with Gasteiger partial charge in [-0.15, -0.1) is 0 Å². The lowest BCUT2D eigenvalue weighted by molar-refractivity contribution is 0.297. The fourth-order valence-corrected chi connectivity index (χ4v) is 2.11. The number of hydrogen-bond acceptors (Lipinski definition) is 2. The summed E-state index contributed by atoms with van der Waals surface area (Å²) in [6.45, 7) is 7.35. The van der Waals surface area contributed by atoms with Crippen LogP contribution in [0.3, 0.4) is 0 Å².